The SMILES string of the molecule is O=C(CN1CCC(Oc2ccn3nccc3n2)CC1)NC1CC1. The lowest BCUT2D eigenvalue weighted by atomic mass is 10.1. The lowest BCUT2D eigenvalue weighted by Gasteiger charge is -2.31. The molecule has 2 aromatic heterocycles. The van der Waals surface area contributed by atoms with E-state index in [2.05, 4.69) is 20.3 Å². The standard InChI is InChI=1S/C16H21N5O2/c22-15(18-12-1-2-12)11-20-8-4-13(5-9-20)23-16-6-10-21-14(19-16)3-7-17-21/h3,6-7,10,12-13H,1-2,4-5,8-9,11H2,(H,18,22). The summed E-state index contributed by atoms with van der Waals surface area (Å²) in [6.45, 7) is 2.28. The summed E-state index contributed by atoms with van der Waals surface area (Å²) in [6, 6.07) is 4.14. The van der Waals surface area contributed by atoms with Gasteiger partial charge in [-0.05, 0) is 25.7 Å². The van der Waals surface area contributed by atoms with E-state index in [0.29, 0.717) is 18.5 Å². The van der Waals surface area contributed by atoms with Gasteiger partial charge in [-0.25, -0.2) is 4.52 Å². The van der Waals surface area contributed by atoms with Gasteiger partial charge in [-0.2, -0.15) is 10.1 Å². The fourth-order valence-electron chi connectivity index (χ4n) is 2.92. The number of amides is 1. The summed E-state index contributed by atoms with van der Waals surface area (Å²) in [5.74, 6) is 0.794. The second kappa shape index (κ2) is 6.16. The van der Waals surface area contributed by atoms with Gasteiger partial charge in [-0.15, -0.1) is 0 Å². The Balaban J connectivity index is 1.26. The largest absolute Gasteiger partial charge is 0.474 e. The summed E-state index contributed by atoms with van der Waals surface area (Å²) >= 11 is 0. The Hall–Kier alpha value is -2.15. The number of rotatable bonds is 5. The minimum atomic E-state index is 0.153. The number of carbonyl (C=O) groups is 1. The highest BCUT2D eigenvalue weighted by Crippen LogP contribution is 2.19. The number of hydrogen-bond donors (Lipinski definition) is 1. The maximum absolute atomic E-state index is 11.8. The zero-order valence-electron chi connectivity index (χ0n) is 13.0. The summed E-state index contributed by atoms with van der Waals surface area (Å²) in [6.07, 6.45) is 7.85. The van der Waals surface area contributed by atoms with Crippen molar-refractivity contribution in [1.29, 1.82) is 0 Å². The predicted octanol–water partition coefficient (Wildman–Crippen LogP) is 0.851. The molecule has 1 saturated heterocycles. The maximum Gasteiger partial charge on any atom is 0.234 e. The Labute approximate surface area is 134 Å². The van der Waals surface area contributed by atoms with E-state index in [9.17, 15) is 4.79 Å². The number of nitrogens with zero attached hydrogens (tertiary/aromatic N) is 4. The van der Waals surface area contributed by atoms with Crippen molar-refractivity contribution < 1.29 is 9.53 Å². The van der Waals surface area contributed by atoms with Crippen LogP contribution in [0.4, 0.5) is 0 Å². The van der Waals surface area contributed by atoms with Gasteiger partial charge in [0.2, 0.25) is 11.8 Å². The first kappa shape index (κ1) is 14.4. The Morgan fingerprint density at radius 2 is 2.09 bits per heavy atom. The van der Waals surface area contributed by atoms with Gasteiger partial charge >= 0.3 is 0 Å². The fourth-order valence-corrected chi connectivity index (χ4v) is 2.92. The quantitative estimate of drug-likeness (QED) is 0.886. The fraction of sp³-hybridized carbons (Fsp3) is 0.562. The normalized spacial score (nSPS) is 19.8. The third-order valence-corrected chi connectivity index (χ3v) is 4.36. The monoisotopic (exact) mass is 315 g/mol. The molecule has 3 heterocycles. The number of piperidine rings is 1. The van der Waals surface area contributed by atoms with Crippen molar-refractivity contribution in [2.45, 2.75) is 37.8 Å². The first-order chi connectivity index (χ1) is 11.3. The zero-order chi connectivity index (χ0) is 15.6. The zero-order valence-corrected chi connectivity index (χ0v) is 13.0. The highest BCUT2D eigenvalue weighted by molar-refractivity contribution is 5.78. The Kier molecular flexibility index (Phi) is 3.87. The molecule has 0 unspecified atom stereocenters. The molecule has 0 aromatic carbocycles. The minimum absolute atomic E-state index is 0.153. The smallest absolute Gasteiger partial charge is 0.234 e. The molecule has 0 bridgehead atoms. The van der Waals surface area contributed by atoms with Crippen molar-refractivity contribution in [3.63, 3.8) is 0 Å². The Morgan fingerprint density at radius 1 is 1.26 bits per heavy atom. The number of nitrogens with one attached hydrogen (secondary N) is 1. The highest BCUT2D eigenvalue weighted by atomic mass is 16.5. The lowest BCUT2D eigenvalue weighted by molar-refractivity contribution is -0.122. The molecule has 7 nitrogen and oxygen atoms in total. The second-order valence-electron chi connectivity index (χ2n) is 6.33. The van der Waals surface area contributed by atoms with Gasteiger partial charge in [0.1, 0.15) is 6.10 Å². The van der Waals surface area contributed by atoms with E-state index >= 15 is 0 Å². The van der Waals surface area contributed by atoms with E-state index in [1.54, 1.807) is 10.7 Å². The molecular weight excluding hydrogens is 294 g/mol. The van der Waals surface area contributed by atoms with E-state index in [1.165, 1.54) is 0 Å². The molecule has 2 aromatic rings. The number of hydrogen-bond acceptors (Lipinski definition) is 5. The lowest BCUT2D eigenvalue weighted by Crippen LogP contribution is -2.44. The topological polar surface area (TPSA) is 71.8 Å². The van der Waals surface area contributed by atoms with E-state index in [-0.39, 0.29) is 12.0 Å². The molecule has 0 atom stereocenters. The molecule has 0 spiro atoms. The van der Waals surface area contributed by atoms with Gasteiger partial charge in [0.25, 0.3) is 0 Å². The van der Waals surface area contributed by atoms with Crippen LogP contribution in [0.2, 0.25) is 0 Å². The average molecular weight is 315 g/mol. The van der Waals surface area contributed by atoms with Gasteiger partial charge < -0.3 is 10.1 Å². The van der Waals surface area contributed by atoms with Gasteiger partial charge in [-0.1, -0.05) is 0 Å². The first-order valence-electron chi connectivity index (χ1n) is 8.25. The Morgan fingerprint density at radius 3 is 2.87 bits per heavy atom. The molecule has 2 aliphatic rings. The van der Waals surface area contributed by atoms with Gasteiger partial charge in [0.05, 0.1) is 12.7 Å². The molecule has 1 aliphatic carbocycles. The van der Waals surface area contributed by atoms with Crippen molar-refractivity contribution >= 4 is 11.6 Å². The maximum atomic E-state index is 11.8. The number of carbonyl (C=O) groups excluding carboxylic acids is 1. The molecule has 23 heavy (non-hydrogen) atoms. The molecule has 4 rings (SSSR count). The van der Waals surface area contributed by atoms with Gasteiger partial charge in [0.15, 0.2) is 5.65 Å². The predicted molar refractivity (Wildman–Crippen MR) is 84.2 cm³/mol. The van der Waals surface area contributed by atoms with Crippen LogP contribution in [0.5, 0.6) is 5.88 Å². The number of ether oxygens (including phenoxy) is 1. The second-order valence-corrected chi connectivity index (χ2v) is 6.33. The summed E-state index contributed by atoms with van der Waals surface area (Å²) in [5, 5.41) is 7.16. The van der Waals surface area contributed by atoms with Crippen LogP contribution in [-0.4, -0.2) is 57.2 Å². The minimum Gasteiger partial charge on any atom is -0.474 e. The Bertz CT molecular complexity index is 689. The van der Waals surface area contributed by atoms with Crippen LogP contribution in [0.25, 0.3) is 5.65 Å². The molecule has 7 heteroatoms. The molecule has 1 aliphatic heterocycles. The molecule has 1 amide bonds. The third kappa shape index (κ3) is 3.61. The molecule has 2 fully saturated rings. The van der Waals surface area contributed by atoms with Gasteiger partial charge in [0, 0.05) is 37.5 Å². The summed E-state index contributed by atoms with van der Waals surface area (Å²) in [7, 11) is 0. The number of aromatic nitrogens is 3. The van der Waals surface area contributed by atoms with E-state index in [0.717, 1.165) is 44.4 Å². The van der Waals surface area contributed by atoms with Gasteiger partial charge in [-0.3, -0.25) is 9.69 Å². The van der Waals surface area contributed by atoms with Crippen LogP contribution in [0, 0.1) is 0 Å². The van der Waals surface area contributed by atoms with Crippen LogP contribution < -0.4 is 10.1 Å². The number of likely N-dealkylation sites (tertiary alicyclic amines) is 1. The van der Waals surface area contributed by atoms with Crippen molar-refractivity contribution in [1.82, 2.24) is 24.8 Å². The molecule has 1 N–H and O–H groups in total. The summed E-state index contributed by atoms with van der Waals surface area (Å²) in [5.41, 5.74) is 0.789. The van der Waals surface area contributed by atoms with Crippen molar-refractivity contribution in [3.8, 4) is 5.88 Å². The first-order valence-corrected chi connectivity index (χ1v) is 8.25. The summed E-state index contributed by atoms with van der Waals surface area (Å²) < 4.78 is 7.70. The van der Waals surface area contributed by atoms with E-state index in [1.807, 2.05) is 18.3 Å². The molecule has 0 radical (unpaired) electrons. The van der Waals surface area contributed by atoms with E-state index in [4.69, 9.17) is 4.74 Å². The summed E-state index contributed by atoms with van der Waals surface area (Å²) in [4.78, 5) is 18.5. The van der Waals surface area contributed by atoms with Crippen LogP contribution in [0.1, 0.15) is 25.7 Å². The van der Waals surface area contributed by atoms with E-state index < -0.39 is 0 Å². The van der Waals surface area contributed by atoms with Crippen molar-refractivity contribution in [2.75, 3.05) is 19.6 Å². The molecular formula is C16H21N5O2. The van der Waals surface area contributed by atoms with Crippen LogP contribution in [0.3, 0.4) is 0 Å². The number of fused-ring (bicyclic) bond motifs is 1. The molecule has 122 valence electrons. The van der Waals surface area contributed by atoms with Crippen molar-refractivity contribution in [3.05, 3.63) is 24.5 Å². The third-order valence-electron chi connectivity index (χ3n) is 4.36. The van der Waals surface area contributed by atoms with Crippen LogP contribution in [0.15, 0.2) is 24.5 Å². The van der Waals surface area contributed by atoms with Crippen LogP contribution in [-0.2, 0) is 4.79 Å². The van der Waals surface area contributed by atoms with Crippen molar-refractivity contribution in [2.24, 2.45) is 0 Å². The molecule has 1 saturated carbocycles. The van der Waals surface area contributed by atoms with Crippen LogP contribution >= 0.6 is 0 Å². The average Bonchev–Trinajstić information content (AvgIpc) is 3.23. The highest BCUT2D eigenvalue weighted by Gasteiger charge is 2.26.